The van der Waals surface area contributed by atoms with E-state index in [1.54, 1.807) is 0 Å². The van der Waals surface area contributed by atoms with Crippen LogP contribution >= 0.6 is 19.1 Å². The molecule has 0 atom stereocenters. The van der Waals surface area contributed by atoms with Gasteiger partial charge in [0.05, 0.1) is 13.2 Å². The van der Waals surface area contributed by atoms with Gasteiger partial charge in [-0.3, -0.25) is 0 Å². The van der Waals surface area contributed by atoms with Gasteiger partial charge in [-0.25, -0.2) is 0 Å². The van der Waals surface area contributed by atoms with Crippen LogP contribution in [0, 0.1) is 0 Å². The van der Waals surface area contributed by atoms with E-state index in [0.29, 0.717) is 13.1 Å². The molecule has 0 spiro atoms. The van der Waals surface area contributed by atoms with Gasteiger partial charge in [0.25, 0.3) is 0 Å². The molecule has 0 rings (SSSR count). The number of nitrogens with one attached hydrogen (secondary N) is 2. The Morgan fingerprint density at radius 3 is 1.38 bits per heavy atom. The summed E-state index contributed by atoms with van der Waals surface area (Å²) in [5, 5.41) is 22.7. The monoisotopic (exact) mass is 324 g/mol. The predicted octanol–water partition coefficient (Wildman–Crippen LogP) is -0.473. The molecule has 0 aromatic carbocycles. The summed E-state index contributed by atoms with van der Waals surface area (Å²) in [5.41, 5.74) is 0. The molecule has 0 aromatic heterocycles. The van der Waals surface area contributed by atoms with E-state index in [2.05, 4.69) is 10.6 Å². The fraction of sp³-hybridized carbons (Fsp3) is 1.00. The minimum atomic E-state index is -0.106. The Hall–Kier alpha value is 1.08. The van der Waals surface area contributed by atoms with Gasteiger partial charge in [-0.1, -0.05) is 0 Å². The van der Waals surface area contributed by atoms with Gasteiger partial charge in [0, 0.05) is 26.2 Å². The van der Waals surface area contributed by atoms with Gasteiger partial charge in [0.1, 0.15) is 0 Å². The molecule has 0 heterocycles. The van der Waals surface area contributed by atoms with Gasteiger partial charge in [0.2, 0.25) is 0 Å². The van der Waals surface area contributed by atoms with E-state index in [4.69, 9.17) is 29.3 Å². The van der Waals surface area contributed by atoms with Crippen molar-refractivity contribution in [2.45, 2.75) is 0 Å². The number of aliphatic hydroxyl groups excluding tert-OH is 2. The van der Waals surface area contributed by atoms with Crippen molar-refractivity contribution in [3.05, 3.63) is 0 Å². The molecular formula is C6H16Cl2N2O2Pd. The Bertz CT molecular complexity index is 75.7. The summed E-state index contributed by atoms with van der Waals surface area (Å²) < 4.78 is 0. The molecule has 0 saturated heterocycles. The van der Waals surface area contributed by atoms with E-state index in [-0.39, 0.29) is 29.2 Å². The second-order valence-electron chi connectivity index (χ2n) is 1.99. The summed E-state index contributed by atoms with van der Waals surface area (Å²) in [5.74, 6) is 0. The van der Waals surface area contributed by atoms with Crippen LogP contribution in [0.15, 0.2) is 0 Å². The second kappa shape index (κ2) is 18.8. The van der Waals surface area contributed by atoms with E-state index in [0.717, 1.165) is 13.1 Å². The third kappa shape index (κ3) is 24.6. The van der Waals surface area contributed by atoms with Crippen LogP contribution in [0.1, 0.15) is 0 Å². The summed E-state index contributed by atoms with van der Waals surface area (Å²) in [6, 6.07) is 0. The van der Waals surface area contributed by atoms with Gasteiger partial charge in [-0.2, -0.15) is 0 Å². The molecule has 0 aliphatic heterocycles. The minimum absolute atomic E-state index is 0.106. The Morgan fingerprint density at radius 1 is 0.846 bits per heavy atom. The Labute approximate surface area is 95.1 Å². The van der Waals surface area contributed by atoms with Gasteiger partial charge < -0.3 is 20.8 Å². The fourth-order valence-corrected chi connectivity index (χ4v) is 0.585. The van der Waals surface area contributed by atoms with Crippen molar-refractivity contribution >= 4 is 19.1 Å². The van der Waals surface area contributed by atoms with Crippen LogP contribution in [0.3, 0.4) is 0 Å². The molecular weight excluding hydrogens is 309 g/mol. The van der Waals surface area contributed by atoms with Gasteiger partial charge in [-0.05, 0) is 0 Å². The molecule has 0 unspecified atom stereocenters. The van der Waals surface area contributed by atoms with Crippen molar-refractivity contribution in [1.82, 2.24) is 10.6 Å². The molecule has 0 bridgehead atoms. The standard InChI is InChI=1S/C6H16N2O2.2ClH.Pd/c9-5-3-7-1-2-8-4-6-10;;;/h7-10H,1-6H2;2*1H;/q;;;+2/p-2. The van der Waals surface area contributed by atoms with Crippen molar-refractivity contribution in [3.8, 4) is 0 Å². The van der Waals surface area contributed by atoms with Gasteiger partial charge in [0.15, 0.2) is 0 Å². The molecule has 0 fully saturated rings. The maximum atomic E-state index is 8.35. The van der Waals surface area contributed by atoms with Crippen LogP contribution in [0.5, 0.6) is 0 Å². The Kier molecular flexibility index (Phi) is 23.9. The molecule has 13 heavy (non-hydrogen) atoms. The van der Waals surface area contributed by atoms with E-state index in [9.17, 15) is 0 Å². The van der Waals surface area contributed by atoms with Crippen LogP contribution in [0.2, 0.25) is 0 Å². The van der Waals surface area contributed by atoms with E-state index in [1.165, 1.54) is 0 Å². The van der Waals surface area contributed by atoms with Crippen molar-refractivity contribution in [3.63, 3.8) is 0 Å². The molecule has 0 radical (unpaired) electrons. The number of rotatable bonds is 7. The van der Waals surface area contributed by atoms with Gasteiger partial charge >= 0.3 is 35.0 Å². The van der Waals surface area contributed by atoms with E-state index >= 15 is 0 Å². The maximum absolute atomic E-state index is 8.35. The number of hydrogen-bond acceptors (Lipinski definition) is 4. The quantitative estimate of drug-likeness (QED) is 0.377. The topological polar surface area (TPSA) is 64.5 Å². The first-order chi connectivity index (χ1) is 6.33. The predicted molar refractivity (Wildman–Crippen MR) is 51.6 cm³/mol. The number of halogens is 2. The first kappa shape index (κ1) is 16.5. The zero-order chi connectivity index (χ0) is 10.4. The normalized spacial score (nSPS) is 9.54. The SMILES string of the molecule is OCCNCCNCCO.[Cl][Pd][Cl]. The number of aliphatic hydroxyl groups is 2. The molecule has 0 aliphatic rings. The number of hydrogen-bond donors (Lipinski definition) is 4. The molecule has 7 heteroatoms. The van der Waals surface area contributed by atoms with Crippen LogP contribution < -0.4 is 10.6 Å². The third-order valence-electron chi connectivity index (χ3n) is 1.06. The van der Waals surface area contributed by atoms with E-state index in [1.807, 2.05) is 0 Å². The zero-order valence-corrected chi connectivity index (χ0v) is 10.3. The van der Waals surface area contributed by atoms with Crippen molar-refractivity contribution in [2.24, 2.45) is 0 Å². The third-order valence-corrected chi connectivity index (χ3v) is 1.06. The first-order valence-electron chi connectivity index (χ1n) is 3.79. The van der Waals surface area contributed by atoms with E-state index < -0.39 is 0 Å². The summed E-state index contributed by atoms with van der Waals surface area (Å²) in [4.78, 5) is 0. The Balaban J connectivity index is 0. The average Bonchev–Trinajstić information content (AvgIpc) is 2.13. The van der Waals surface area contributed by atoms with Crippen molar-refractivity contribution in [1.29, 1.82) is 0 Å². The second-order valence-corrected chi connectivity index (χ2v) is 4.35. The van der Waals surface area contributed by atoms with Crippen molar-refractivity contribution < 1.29 is 26.2 Å². The van der Waals surface area contributed by atoms with Crippen molar-refractivity contribution in [2.75, 3.05) is 39.4 Å². The first-order valence-corrected chi connectivity index (χ1v) is 7.79. The molecule has 4 nitrogen and oxygen atoms in total. The molecule has 0 aliphatic carbocycles. The molecule has 0 amide bonds. The summed E-state index contributed by atoms with van der Waals surface area (Å²) in [6.45, 7) is 3.31. The molecule has 4 N–H and O–H groups in total. The molecule has 86 valence electrons. The van der Waals surface area contributed by atoms with Crippen LogP contribution in [0.4, 0.5) is 0 Å². The van der Waals surface area contributed by atoms with Crippen LogP contribution in [0.25, 0.3) is 0 Å². The fourth-order valence-electron chi connectivity index (χ4n) is 0.585. The van der Waals surface area contributed by atoms with Crippen LogP contribution in [-0.2, 0) is 15.9 Å². The molecule has 0 aromatic rings. The van der Waals surface area contributed by atoms with Crippen LogP contribution in [-0.4, -0.2) is 49.6 Å². The summed E-state index contributed by atoms with van der Waals surface area (Å²) >= 11 is -0.106. The summed E-state index contributed by atoms with van der Waals surface area (Å²) in [6.07, 6.45) is 0. The molecule has 0 saturated carbocycles. The zero-order valence-electron chi connectivity index (χ0n) is 7.21. The Morgan fingerprint density at radius 2 is 1.15 bits per heavy atom. The summed E-state index contributed by atoms with van der Waals surface area (Å²) in [7, 11) is 9.63. The average molecular weight is 326 g/mol. The van der Waals surface area contributed by atoms with Gasteiger partial charge in [-0.15, -0.1) is 0 Å².